The predicted octanol–water partition coefficient (Wildman–Crippen LogP) is 4.62. The van der Waals surface area contributed by atoms with E-state index in [2.05, 4.69) is 20.4 Å². The van der Waals surface area contributed by atoms with Gasteiger partial charge in [-0.05, 0) is 52.3 Å². The molecule has 0 aliphatic heterocycles. The number of rotatable bonds is 3. The van der Waals surface area contributed by atoms with Gasteiger partial charge < -0.3 is 10.1 Å². The topological polar surface area (TPSA) is 81.9 Å². The zero-order chi connectivity index (χ0) is 20.5. The molecule has 7 nitrogen and oxygen atoms in total. The van der Waals surface area contributed by atoms with Crippen LogP contribution in [0.25, 0.3) is 11.1 Å². The summed E-state index contributed by atoms with van der Waals surface area (Å²) < 4.78 is 20.4. The molecule has 28 heavy (non-hydrogen) atoms. The van der Waals surface area contributed by atoms with Crippen LogP contribution in [0.3, 0.4) is 0 Å². The highest BCUT2D eigenvalue weighted by molar-refractivity contribution is 5.76. The molecule has 8 heteroatoms. The van der Waals surface area contributed by atoms with Crippen LogP contribution in [0.15, 0.2) is 36.7 Å². The van der Waals surface area contributed by atoms with Crippen LogP contribution in [0.5, 0.6) is 0 Å². The first-order valence-corrected chi connectivity index (χ1v) is 8.78. The lowest BCUT2D eigenvalue weighted by atomic mass is 10.1. The number of halogens is 1. The number of nitrogens with zero attached hydrogens (tertiary/aromatic N) is 4. The minimum absolute atomic E-state index is 0.120. The Morgan fingerprint density at radius 2 is 1.82 bits per heavy atom. The van der Waals surface area contributed by atoms with E-state index in [9.17, 15) is 9.18 Å². The Morgan fingerprint density at radius 3 is 2.46 bits per heavy atom. The van der Waals surface area contributed by atoms with Crippen LogP contribution < -0.4 is 5.32 Å². The van der Waals surface area contributed by atoms with Crippen molar-refractivity contribution >= 4 is 17.6 Å². The fraction of sp³-hybridized carbons (Fsp3) is 0.300. The molecule has 0 amide bonds. The summed E-state index contributed by atoms with van der Waals surface area (Å²) in [5, 5.41) is 7.08. The quantitative estimate of drug-likeness (QED) is 0.710. The van der Waals surface area contributed by atoms with Gasteiger partial charge in [-0.2, -0.15) is 9.78 Å². The number of aryl methyl sites for hydroxylation is 1. The van der Waals surface area contributed by atoms with Crippen molar-refractivity contribution < 1.29 is 13.9 Å². The van der Waals surface area contributed by atoms with Gasteiger partial charge in [0.2, 0.25) is 0 Å². The molecule has 1 aromatic carbocycles. The van der Waals surface area contributed by atoms with Crippen molar-refractivity contribution in [1.82, 2.24) is 19.7 Å². The van der Waals surface area contributed by atoms with Crippen molar-refractivity contribution in [1.29, 1.82) is 0 Å². The van der Waals surface area contributed by atoms with E-state index >= 15 is 0 Å². The fourth-order valence-corrected chi connectivity index (χ4v) is 2.60. The van der Waals surface area contributed by atoms with Gasteiger partial charge in [0, 0.05) is 11.3 Å². The van der Waals surface area contributed by atoms with Crippen molar-refractivity contribution in [3.05, 3.63) is 54.0 Å². The Kier molecular flexibility index (Phi) is 5.13. The van der Waals surface area contributed by atoms with Gasteiger partial charge >= 0.3 is 6.09 Å². The summed E-state index contributed by atoms with van der Waals surface area (Å²) in [5.41, 5.74) is 2.43. The molecule has 0 radical (unpaired) electrons. The third-order valence-electron chi connectivity index (χ3n) is 3.90. The number of aromatic nitrogens is 4. The minimum Gasteiger partial charge on any atom is -0.442 e. The number of hydrogen-bond acceptors (Lipinski definition) is 6. The summed E-state index contributed by atoms with van der Waals surface area (Å²) in [5.74, 6) is 0.0732. The zero-order valence-electron chi connectivity index (χ0n) is 16.4. The molecule has 146 valence electrons. The van der Waals surface area contributed by atoms with Gasteiger partial charge in [-0.25, -0.2) is 19.2 Å². The SMILES string of the molecule is Cc1ncc(F)c(Nc2ccc(-c3cnn(C(=O)OC(C)(C)C)c3C)cc2)n1. The number of benzene rings is 1. The van der Waals surface area contributed by atoms with E-state index < -0.39 is 17.5 Å². The highest BCUT2D eigenvalue weighted by Crippen LogP contribution is 2.26. The monoisotopic (exact) mass is 383 g/mol. The van der Waals surface area contributed by atoms with E-state index in [-0.39, 0.29) is 5.82 Å². The molecule has 0 fully saturated rings. The molecule has 1 N–H and O–H groups in total. The van der Waals surface area contributed by atoms with Crippen molar-refractivity contribution in [3.8, 4) is 11.1 Å². The number of ether oxygens (including phenoxy) is 1. The standard InChI is InChI=1S/C20H22FN5O2/c1-12-16(10-23-26(12)19(27)28-20(3,4)5)14-6-8-15(9-7-14)25-18-17(21)11-22-13(2)24-18/h6-11H,1-5H3,(H,22,24,25). The van der Waals surface area contributed by atoms with E-state index in [0.29, 0.717) is 17.2 Å². The molecule has 0 aliphatic rings. The second-order valence-electron chi connectivity index (χ2n) is 7.35. The third-order valence-corrected chi connectivity index (χ3v) is 3.90. The minimum atomic E-state index is -0.600. The van der Waals surface area contributed by atoms with Crippen LogP contribution in [-0.4, -0.2) is 31.4 Å². The molecule has 0 aliphatic carbocycles. The molecule has 0 bridgehead atoms. The average molecular weight is 383 g/mol. The van der Waals surface area contributed by atoms with Crippen LogP contribution in [0.1, 0.15) is 32.3 Å². The maximum atomic E-state index is 13.8. The maximum absolute atomic E-state index is 13.8. The number of carbonyl (C=O) groups excluding carboxylic acids is 1. The Balaban J connectivity index is 1.80. The smallest absolute Gasteiger partial charge is 0.435 e. The van der Waals surface area contributed by atoms with E-state index in [0.717, 1.165) is 17.3 Å². The largest absolute Gasteiger partial charge is 0.442 e. The highest BCUT2D eigenvalue weighted by Gasteiger charge is 2.21. The lowest BCUT2D eigenvalue weighted by molar-refractivity contribution is 0.0511. The second-order valence-corrected chi connectivity index (χ2v) is 7.35. The molecule has 3 aromatic rings. The average Bonchev–Trinajstić information content (AvgIpc) is 2.99. The van der Waals surface area contributed by atoms with Gasteiger partial charge in [-0.1, -0.05) is 12.1 Å². The molecule has 2 heterocycles. The molecule has 0 unspecified atom stereocenters. The molecule has 0 saturated heterocycles. The van der Waals surface area contributed by atoms with Gasteiger partial charge in [0.25, 0.3) is 0 Å². The Morgan fingerprint density at radius 1 is 1.14 bits per heavy atom. The number of hydrogen-bond donors (Lipinski definition) is 1. The van der Waals surface area contributed by atoms with Gasteiger partial charge in [-0.15, -0.1) is 0 Å². The summed E-state index contributed by atoms with van der Waals surface area (Å²) in [7, 11) is 0. The van der Waals surface area contributed by atoms with E-state index in [1.807, 2.05) is 12.1 Å². The van der Waals surface area contributed by atoms with Gasteiger partial charge in [-0.3, -0.25) is 0 Å². The Hall–Kier alpha value is -3.29. The summed E-state index contributed by atoms with van der Waals surface area (Å²) in [6, 6.07) is 7.32. The first kappa shape index (κ1) is 19.5. The first-order chi connectivity index (χ1) is 13.1. The van der Waals surface area contributed by atoms with Crippen molar-refractivity contribution in [3.63, 3.8) is 0 Å². The van der Waals surface area contributed by atoms with Crippen molar-refractivity contribution in [2.75, 3.05) is 5.32 Å². The van der Waals surface area contributed by atoms with E-state index in [1.54, 1.807) is 52.9 Å². The molecular formula is C20H22FN5O2. The molecule has 2 aromatic heterocycles. The number of nitrogens with one attached hydrogen (secondary N) is 1. The van der Waals surface area contributed by atoms with Gasteiger partial charge in [0.1, 0.15) is 11.4 Å². The van der Waals surface area contributed by atoms with Gasteiger partial charge in [0.15, 0.2) is 11.6 Å². The van der Waals surface area contributed by atoms with Crippen LogP contribution in [0, 0.1) is 19.7 Å². The normalized spacial score (nSPS) is 11.4. The summed E-state index contributed by atoms with van der Waals surface area (Å²) in [4.78, 5) is 20.1. The summed E-state index contributed by atoms with van der Waals surface area (Å²) in [6.45, 7) is 8.91. The lowest BCUT2D eigenvalue weighted by Crippen LogP contribution is -2.28. The van der Waals surface area contributed by atoms with Crippen LogP contribution >= 0.6 is 0 Å². The van der Waals surface area contributed by atoms with Gasteiger partial charge in [0.05, 0.1) is 18.1 Å². The van der Waals surface area contributed by atoms with Crippen molar-refractivity contribution in [2.45, 2.75) is 40.2 Å². The highest BCUT2D eigenvalue weighted by atomic mass is 19.1. The Labute approximate surface area is 162 Å². The molecule has 0 spiro atoms. The van der Waals surface area contributed by atoms with E-state index in [1.165, 1.54) is 4.68 Å². The third kappa shape index (κ3) is 4.33. The van der Waals surface area contributed by atoms with E-state index in [4.69, 9.17) is 4.74 Å². The predicted molar refractivity (Wildman–Crippen MR) is 104 cm³/mol. The van der Waals surface area contributed by atoms with Crippen molar-refractivity contribution in [2.24, 2.45) is 0 Å². The summed E-state index contributed by atoms with van der Waals surface area (Å²) in [6.07, 6.45) is 2.23. The van der Waals surface area contributed by atoms with Crippen LogP contribution in [0.2, 0.25) is 0 Å². The number of carbonyl (C=O) groups is 1. The first-order valence-electron chi connectivity index (χ1n) is 8.78. The Bertz CT molecular complexity index is 1010. The second kappa shape index (κ2) is 7.38. The number of anilines is 2. The molecule has 0 saturated carbocycles. The zero-order valence-corrected chi connectivity index (χ0v) is 16.4. The lowest BCUT2D eigenvalue weighted by Gasteiger charge is -2.19. The fourth-order valence-electron chi connectivity index (χ4n) is 2.60. The molecule has 0 atom stereocenters. The molecular weight excluding hydrogens is 361 g/mol. The molecule has 3 rings (SSSR count). The van der Waals surface area contributed by atoms with Crippen LogP contribution in [-0.2, 0) is 4.74 Å². The summed E-state index contributed by atoms with van der Waals surface area (Å²) >= 11 is 0. The maximum Gasteiger partial charge on any atom is 0.435 e. The van der Waals surface area contributed by atoms with Crippen LogP contribution in [0.4, 0.5) is 20.7 Å².